The molecule has 100 valence electrons. The van der Waals surface area contributed by atoms with Crippen LogP contribution in [0.25, 0.3) is 0 Å². The molecule has 1 aliphatic rings. The summed E-state index contributed by atoms with van der Waals surface area (Å²) in [5.41, 5.74) is 1.06. The Morgan fingerprint density at radius 3 is 3.11 bits per heavy atom. The number of nitrogens with one attached hydrogen (secondary N) is 1. The van der Waals surface area contributed by atoms with Gasteiger partial charge in [0, 0.05) is 26.2 Å². The molecule has 3 nitrogen and oxygen atoms in total. The summed E-state index contributed by atoms with van der Waals surface area (Å²) in [7, 11) is 2.10. The molecule has 1 fully saturated rings. The minimum Gasteiger partial charge on any atom is -0.374 e. The van der Waals surface area contributed by atoms with Gasteiger partial charge < -0.3 is 15.0 Å². The van der Waals surface area contributed by atoms with Crippen molar-refractivity contribution < 1.29 is 9.13 Å². The summed E-state index contributed by atoms with van der Waals surface area (Å²) in [6.45, 7) is 4.30. The first kappa shape index (κ1) is 13.9. The maximum Gasteiger partial charge on any atom is 0.137 e. The van der Waals surface area contributed by atoms with Crippen LogP contribution in [0.5, 0.6) is 0 Å². The molecule has 1 heterocycles. The largest absolute Gasteiger partial charge is 0.374 e. The molecular formula is C13H18BrFN2O. The molecule has 5 heteroatoms. The van der Waals surface area contributed by atoms with Crippen molar-refractivity contribution in [3.05, 3.63) is 34.1 Å². The van der Waals surface area contributed by atoms with Gasteiger partial charge in [-0.25, -0.2) is 4.39 Å². The topological polar surface area (TPSA) is 24.5 Å². The lowest BCUT2D eigenvalue weighted by molar-refractivity contribution is -0.0182. The number of hydrogen-bond acceptors (Lipinski definition) is 3. The zero-order valence-corrected chi connectivity index (χ0v) is 12.0. The highest BCUT2D eigenvalue weighted by Crippen LogP contribution is 2.16. The van der Waals surface area contributed by atoms with Gasteiger partial charge in [-0.05, 0) is 40.7 Å². The molecule has 1 aromatic rings. The Bertz CT molecular complexity index is 403. The van der Waals surface area contributed by atoms with Crippen molar-refractivity contribution in [3.8, 4) is 0 Å². The highest BCUT2D eigenvalue weighted by molar-refractivity contribution is 9.10. The van der Waals surface area contributed by atoms with Crippen LogP contribution in [0.3, 0.4) is 0 Å². The van der Waals surface area contributed by atoms with E-state index in [1.54, 1.807) is 12.1 Å². The highest BCUT2D eigenvalue weighted by Gasteiger charge is 2.16. The minimum atomic E-state index is -0.226. The lowest BCUT2D eigenvalue weighted by atomic mass is 10.2. The van der Waals surface area contributed by atoms with Crippen LogP contribution in [0.4, 0.5) is 4.39 Å². The van der Waals surface area contributed by atoms with Gasteiger partial charge in [-0.15, -0.1) is 0 Å². The highest BCUT2D eigenvalue weighted by atomic mass is 79.9. The fraction of sp³-hybridized carbons (Fsp3) is 0.538. The van der Waals surface area contributed by atoms with E-state index in [1.807, 2.05) is 0 Å². The summed E-state index contributed by atoms with van der Waals surface area (Å²) in [5, 5.41) is 3.34. The maximum absolute atomic E-state index is 13.1. The summed E-state index contributed by atoms with van der Waals surface area (Å²) in [6, 6.07) is 5.07. The molecule has 1 saturated heterocycles. The van der Waals surface area contributed by atoms with E-state index < -0.39 is 0 Å². The Labute approximate surface area is 115 Å². The lowest BCUT2D eigenvalue weighted by Gasteiger charge is -2.30. The lowest BCUT2D eigenvalue weighted by Crippen LogP contribution is -2.44. The predicted octanol–water partition coefficient (Wildman–Crippen LogP) is 2.01. The second-order valence-corrected chi connectivity index (χ2v) is 5.49. The molecule has 1 aromatic carbocycles. The molecule has 1 atom stereocenters. The Hall–Kier alpha value is -0.490. The van der Waals surface area contributed by atoms with Crippen LogP contribution in [0.2, 0.25) is 0 Å². The van der Waals surface area contributed by atoms with Crippen LogP contribution >= 0.6 is 15.9 Å². The number of benzene rings is 1. The SMILES string of the molecule is CN1CCO[C@H](CNCc2ccc(F)c(Br)c2)C1. The van der Waals surface area contributed by atoms with Gasteiger partial charge in [-0.2, -0.15) is 0 Å². The van der Waals surface area contributed by atoms with E-state index in [4.69, 9.17) is 4.74 Å². The molecule has 2 rings (SSSR count). The van der Waals surface area contributed by atoms with Crippen LogP contribution in [0.1, 0.15) is 5.56 Å². The van der Waals surface area contributed by atoms with Crippen molar-refractivity contribution >= 4 is 15.9 Å². The number of ether oxygens (including phenoxy) is 1. The Kier molecular flexibility index (Phi) is 5.12. The third-order valence-corrected chi connectivity index (χ3v) is 3.63. The van der Waals surface area contributed by atoms with E-state index >= 15 is 0 Å². The monoisotopic (exact) mass is 316 g/mol. The molecule has 0 spiro atoms. The third kappa shape index (κ3) is 4.02. The fourth-order valence-electron chi connectivity index (χ4n) is 2.02. The molecule has 1 aliphatic heterocycles. The Morgan fingerprint density at radius 1 is 1.56 bits per heavy atom. The normalized spacial score (nSPS) is 21.2. The molecule has 0 saturated carbocycles. The molecular weight excluding hydrogens is 299 g/mol. The standard InChI is InChI=1S/C13H18BrFN2O/c1-17-4-5-18-11(9-17)8-16-7-10-2-3-13(15)12(14)6-10/h2-3,6,11,16H,4-5,7-9H2,1H3/t11-/m1/s1. The first-order valence-corrected chi connectivity index (χ1v) is 6.89. The van der Waals surface area contributed by atoms with Crippen molar-refractivity contribution in [1.82, 2.24) is 10.2 Å². The van der Waals surface area contributed by atoms with Crippen LogP contribution in [-0.2, 0) is 11.3 Å². The zero-order valence-electron chi connectivity index (χ0n) is 10.5. The molecule has 18 heavy (non-hydrogen) atoms. The summed E-state index contributed by atoms with van der Waals surface area (Å²) in [4.78, 5) is 2.27. The zero-order chi connectivity index (χ0) is 13.0. The average Bonchev–Trinajstić information content (AvgIpc) is 2.34. The maximum atomic E-state index is 13.1. The van der Waals surface area contributed by atoms with Crippen molar-refractivity contribution in [3.63, 3.8) is 0 Å². The van der Waals surface area contributed by atoms with Gasteiger partial charge in [0.05, 0.1) is 17.2 Å². The van der Waals surface area contributed by atoms with Gasteiger partial charge in [-0.1, -0.05) is 6.07 Å². The van der Waals surface area contributed by atoms with Crippen molar-refractivity contribution in [1.29, 1.82) is 0 Å². The fourth-order valence-corrected chi connectivity index (χ4v) is 2.44. The molecule has 0 unspecified atom stereocenters. The van der Waals surface area contributed by atoms with Gasteiger partial charge in [0.2, 0.25) is 0 Å². The van der Waals surface area contributed by atoms with Gasteiger partial charge in [0.25, 0.3) is 0 Å². The van der Waals surface area contributed by atoms with Crippen LogP contribution in [-0.4, -0.2) is 44.3 Å². The number of morpholine rings is 1. The Morgan fingerprint density at radius 2 is 2.39 bits per heavy atom. The smallest absolute Gasteiger partial charge is 0.137 e. The summed E-state index contributed by atoms with van der Waals surface area (Å²) in [6.07, 6.45) is 0.243. The first-order chi connectivity index (χ1) is 8.65. The van der Waals surface area contributed by atoms with Crippen LogP contribution in [0.15, 0.2) is 22.7 Å². The molecule has 0 aromatic heterocycles. The summed E-state index contributed by atoms with van der Waals surface area (Å²) >= 11 is 3.19. The van der Waals surface area contributed by atoms with Gasteiger partial charge in [0.1, 0.15) is 5.82 Å². The molecule has 1 N–H and O–H groups in total. The summed E-state index contributed by atoms with van der Waals surface area (Å²) < 4.78 is 19.2. The predicted molar refractivity (Wildman–Crippen MR) is 73.0 cm³/mol. The van der Waals surface area contributed by atoms with Gasteiger partial charge in [-0.3, -0.25) is 0 Å². The number of halogens is 2. The number of hydrogen-bond donors (Lipinski definition) is 1. The minimum absolute atomic E-state index is 0.226. The average molecular weight is 317 g/mol. The number of rotatable bonds is 4. The first-order valence-electron chi connectivity index (χ1n) is 6.10. The van der Waals surface area contributed by atoms with Crippen molar-refractivity contribution in [2.75, 3.05) is 33.3 Å². The van der Waals surface area contributed by atoms with E-state index in [2.05, 4.69) is 33.2 Å². The van der Waals surface area contributed by atoms with Crippen LogP contribution < -0.4 is 5.32 Å². The summed E-state index contributed by atoms with van der Waals surface area (Å²) in [5.74, 6) is -0.226. The van der Waals surface area contributed by atoms with Crippen LogP contribution in [0, 0.1) is 5.82 Å². The van der Waals surface area contributed by atoms with Gasteiger partial charge >= 0.3 is 0 Å². The third-order valence-electron chi connectivity index (χ3n) is 3.03. The number of likely N-dealkylation sites (N-methyl/N-ethyl adjacent to an activating group) is 1. The van der Waals surface area contributed by atoms with E-state index in [0.29, 0.717) is 4.47 Å². The second-order valence-electron chi connectivity index (χ2n) is 4.63. The molecule has 0 aliphatic carbocycles. The second kappa shape index (κ2) is 6.61. The molecule has 0 bridgehead atoms. The van der Waals surface area contributed by atoms with Crippen molar-refractivity contribution in [2.24, 2.45) is 0 Å². The number of nitrogens with zero attached hydrogens (tertiary/aromatic N) is 1. The Balaban J connectivity index is 1.76. The van der Waals surface area contributed by atoms with E-state index in [9.17, 15) is 4.39 Å². The molecule has 0 amide bonds. The quantitative estimate of drug-likeness (QED) is 0.919. The van der Waals surface area contributed by atoms with Gasteiger partial charge in [0.15, 0.2) is 0 Å². The van der Waals surface area contributed by atoms with E-state index in [0.717, 1.165) is 38.3 Å². The van der Waals surface area contributed by atoms with E-state index in [1.165, 1.54) is 6.07 Å². The van der Waals surface area contributed by atoms with E-state index in [-0.39, 0.29) is 11.9 Å². The molecule has 0 radical (unpaired) electrons. The van der Waals surface area contributed by atoms with Crippen molar-refractivity contribution in [2.45, 2.75) is 12.6 Å².